The van der Waals surface area contributed by atoms with E-state index in [2.05, 4.69) is 15.3 Å². The second kappa shape index (κ2) is 8.35. The van der Waals surface area contributed by atoms with Crippen LogP contribution < -0.4 is 5.32 Å². The average Bonchev–Trinajstić information content (AvgIpc) is 3.02. The highest BCUT2D eigenvalue weighted by Gasteiger charge is 2.21. The third-order valence-electron chi connectivity index (χ3n) is 4.84. The molecule has 2 N–H and O–H groups in total. The number of hydrogen-bond donors (Lipinski definition) is 2. The van der Waals surface area contributed by atoms with E-state index >= 15 is 0 Å². The Labute approximate surface area is 159 Å². The van der Waals surface area contributed by atoms with E-state index in [1.54, 1.807) is 0 Å². The van der Waals surface area contributed by atoms with Crippen molar-refractivity contribution >= 4 is 11.9 Å². The second-order valence-corrected chi connectivity index (χ2v) is 7.15. The lowest BCUT2D eigenvalue weighted by Crippen LogP contribution is -2.42. The number of benzene rings is 1. The van der Waals surface area contributed by atoms with Crippen LogP contribution in [-0.2, 0) is 29.1 Å². The molecule has 2 aromatic rings. The van der Waals surface area contributed by atoms with Gasteiger partial charge in [0.05, 0.1) is 36.9 Å². The highest BCUT2D eigenvalue weighted by Crippen LogP contribution is 2.16. The van der Waals surface area contributed by atoms with Crippen molar-refractivity contribution < 1.29 is 14.7 Å². The Bertz CT molecular complexity index is 813. The van der Waals surface area contributed by atoms with Crippen LogP contribution >= 0.6 is 0 Å². The zero-order valence-electron chi connectivity index (χ0n) is 15.8. The fourth-order valence-corrected chi connectivity index (χ4v) is 3.30. The predicted octanol–water partition coefficient (Wildman–Crippen LogP) is 1.90. The van der Waals surface area contributed by atoms with Gasteiger partial charge in [0.25, 0.3) is 0 Å². The van der Waals surface area contributed by atoms with Crippen molar-refractivity contribution in [1.29, 1.82) is 0 Å². The quantitative estimate of drug-likeness (QED) is 0.777. The number of carboxylic acid groups (broad SMARTS) is 1. The molecular weight excluding hydrogens is 344 g/mol. The lowest BCUT2D eigenvalue weighted by atomic mass is 10.1. The van der Waals surface area contributed by atoms with E-state index in [1.807, 2.05) is 48.9 Å². The largest absolute Gasteiger partial charge is 0.481 e. The van der Waals surface area contributed by atoms with Crippen LogP contribution in [0.5, 0.6) is 0 Å². The number of aliphatic carboxylic acids is 1. The van der Waals surface area contributed by atoms with Gasteiger partial charge in [-0.2, -0.15) is 5.10 Å². The lowest BCUT2D eigenvalue weighted by molar-refractivity contribution is -0.137. The van der Waals surface area contributed by atoms with E-state index in [4.69, 9.17) is 5.11 Å². The number of aromatic nitrogens is 2. The van der Waals surface area contributed by atoms with Crippen molar-refractivity contribution in [2.75, 3.05) is 13.1 Å². The zero-order valence-corrected chi connectivity index (χ0v) is 15.8. The summed E-state index contributed by atoms with van der Waals surface area (Å²) in [6, 6.07) is 10.1. The van der Waals surface area contributed by atoms with E-state index in [-0.39, 0.29) is 18.4 Å². The van der Waals surface area contributed by atoms with Crippen LogP contribution in [0.2, 0.25) is 0 Å². The third kappa shape index (κ3) is 5.17. The molecule has 1 amide bonds. The molecule has 0 radical (unpaired) electrons. The molecule has 0 aliphatic carbocycles. The summed E-state index contributed by atoms with van der Waals surface area (Å²) in [7, 11) is 0. The normalized spacial score (nSPS) is 15.2. The van der Waals surface area contributed by atoms with Crippen molar-refractivity contribution in [3.8, 4) is 0 Å². The maximum Gasteiger partial charge on any atom is 0.303 e. The summed E-state index contributed by atoms with van der Waals surface area (Å²) in [5.41, 5.74) is 4.12. The van der Waals surface area contributed by atoms with Crippen LogP contribution in [0.4, 0.5) is 0 Å². The number of carbonyl (C=O) groups excluding carboxylic acids is 1. The first-order valence-electron chi connectivity index (χ1n) is 9.26. The van der Waals surface area contributed by atoms with Gasteiger partial charge in [-0.15, -0.1) is 0 Å². The third-order valence-corrected chi connectivity index (χ3v) is 4.84. The van der Waals surface area contributed by atoms with Crippen molar-refractivity contribution in [2.45, 2.75) is 45.8 Å². The Kier molecular flexibility index (Phi) is 5.91. The molecule has 7 heteroatoms. The van der Waals surface area contributed by atoms with Crippen molar-refractivity contribution in [2.24, 2.45) is 0 Å². The van der Waals surface area contributed by atoms with E-state index in [1.165, 1.54) is 5.56 Å². The first kappa shape index (κ1) is 19.1. The molecule has 0 saturated heterocycles. The summed E-state index contributed by atoms with van der Waals surface area (Å²) in [6.07, 6.45) is 0.517. The summed E-state index contributed by atoms with van der Waals surface area (Å²) < 4.78 is 1.92. The summed E-state index contributed by atoms with van der Waals surface area (Å²) in [4.78, 5) is 25.2. The van der Waals surface area contributed by atoms with Crippen LogP contribution in [0.3, 0.4) is 0 Å². The molecule has 2 heterocycles. The van der Waals surface area contributed by atoms with Gasteiger partial charge in [0, 0.05) is 19.5 Å². The predicted molar refractivity (Wildman–Crippen MR) is 101 cm³/mol. The van der Waals surface area contributed by atoms with Gasteiger partial charge in [0.1, 0.15) is 0 Å². The highest BCUT2D eigenvalue weighted by atomic mass is 16.4. The fraction of sp³-hybridized carbons (Fsp3) is 0.450. The van der Waals surface area contributed by atoms with Crippen molar-refractivity contribution in [3.63, 3.8) is 0 Å². The molecule has 1 aliphatic heterocycles. The first-order valence-corrected chi connectivity index (χ1v) is 9.26. The molecule has 0 bridgehead atoms. The molecule has 1 aliphatic rings. The minimum absolute atomic E-state index is 0.00198. The topological polar surface area (TPSA) is 87.5 Å². The van der Waals surface area contributed by atoms with E-state index in [0.717, 1.165) is 23.5 Å². The Morgan fingerprint density at radius 2 is 2.00 bits per heavy atom. The molecular formula is C20H26N4O3. The van der Waals surface area contributed by atoms with Gasteiger partial charge in [0.2, 0.25) is 5.91 Å². The van der Waals surface area contributed by atoms with Gasteiger partial charge in [-0.05, 0) is 25.5 Å². The summed E-state index contributed by atoms with van der Waals surface area (Å²) in [5, 5.41) is 16.3. The van der Waals surface area contributed by atoms with Gasteiger partial charge >= 0.3 is 5.97 Å². The monoisotopic (exact) mass is 370 g/mol. The first-order chi connectivity index (χ1) is 12.9. The van der Waals surface area contributed by atoms with Gasteiger partial charge in [0.15, 0.2) is 0 Å². The standard InChI is InChI=1S/C20H26N4O3/c1-14-3-5-16(6-4-14)15(2)21-19(25)13-23-9-10-24-18(12-23)11-17(22-24)7-8-20(26)27/h3-6,11,15H,7-10,12-13H2,1-2H3,(H,21,25)(H,26,27)/t15-/m0/s1. The minimum Gasteiger partial charge on any atom is -0.481 e. The van der Waals surface area contributed by atoms with Gasteiger partial charge < -0.3 is 10.4 Å². The molecule has 0 fully saturated rings. The molecule has 1 aromatic carbocycles. The summed E-state index contributed by atoms with van der Waals surface area (Å²) in [5.74, 6) is -0.816. The Morgan fingerprint density at radius 1 is 1.26 bits per heavy atom. The van der Waals surface area contributed by atoms with Gasteiger partial charge in [-0.3, -0.25) is 19.2 Å². The summed E-state index contributed by atoms with van der Waals surface area (Å²) in [6.45, 7) is 6.48. The number of hydrogen-bond acceptors (Lipinski definition) is 4. The van der Waals surface area contributed by atoms with Crippen LogP contribution in [-0.4, -0.2) is 44.8 Å². The molecule has 1 atom stereocenters. The Hall–Kier alpha value is -2.67. The van der Waals surface area contributed by atoms with Crippen molar-refractivity contribution in [3.05, 3.63) is 52.8 Å². The number of rotatable bonds is 7. The molecule has 0 unspecified atom stereocenters. The zero-order chi connectivity index (χ0) is 19.4. The molecule has 0 spiro atoms. The molecule has 3 rings (SSSR count). The summed E-state index contributed by atoms with van der Waals surface area (Å²) >= 11 is 0. The number of fused-ring (bicyclic) bond motifs is 1. The van der Waals surface area contributed by atoms with E-state index < -0.39 is 5.97 Å². The molecule has 1 aromatic heterocycles. The number of amides is 1. The Morgan fingerprint density at radius 3 is 2.70 bits per heavy atom. The van der Waals surface area contributed by atoms with E-state index in [0.29, 0.717) is 26.1 Å². The van der Waals surface area contributed by atoms with Crippen LogP contribution in [0, 0.1) is 6.92 Å². The maximum absolute atomic E-state index is 12.4. The molecule has 144 valence electrons. The number of nitrogens with zero attached hydrogens (tertiary/aromatic N) is 3. The van der Waals surface area contributed by atoms with Gasteiger partial charge in [-0.1, -0.05) is 29.8 Å². The smallest absolute Gasteiger partial charge is 0.303 e. The van der Waals surface area contributed by atoms with Crippen LogP contribution in [0.25, 0.3) is 0 Å². The number of carbonyl (C=O) groups is 2. The SMILES string of the molecule is Cc1ccc([C@H](C)NC(=O)CN2CCn3nc(CCC(=O)O)cc3C2)cc1. The second-order valence-electron chi connectivity index (χ2n) is 7.15. The van der Waals surface area contributed by atoms with E-state index in [9.17, 15) is 9.59 Å². The molecule has 0 saturated carbocycles. The number of carboxylic acids is 1. The minimum atomic E-state index is -0.818. The number of aryl methyl sites for hydroxylation is 2. The maximum atomic E-state index is 12.4. The van der Waals surface area contributed by atoms with Crippen molar-refractivity contribution in [1.82, 2.24) is 20.0 Å². The lowest BCUT2D eigenvalue weighted by Gasteiger charge is -2.27. The molecule has 27 heavy (non-hydrogen) atoms. The molecule has 7 nitrogen and oxygen atoms in total. The average molecular weight is 370 g/mol. The van der Waals surface area contributed by atoms with Crippen LogP contribution in [0.15, 0.2) is 30.3 Å². The highest BCUT2D eigenvalue weighted by molar-refractivity contribution is 5.78. The Balaban J connectivity index is 1.52. The van der Waals surface area contributed by atoms with Crippen LogP contribution in [0.1, 0.15) is 41.9 Å². The number of nitrogens with one attached hydrogen (secondary N) is 1. The fourth-order valence-electron chi connectivity index (χ4n) is 3.30. The van der Waals surface area contributed by atoms with Gasteiger partial charge in [-0.25, -0.2) is 0 Å².